The topological polar surface area (TPSA) is 64.3 Å². The molecule has 0 saturated carbocycles. The van der Waals surface area contributed by atoms with Crippen LogP contribution in [0.2, 0.25) is 0 Å². The molecule has 0 aliphatic rings. The molecule has 0 saturated heterocycles. The van der Waals surface area contributed by atoms with E-state index in [4.69, 9.17) is 10.5 Å². The van der Waals surface area contributed by atoms with Crippen molar-refractivity contribution in [2.45, 2.75) is 19.1 Å². The molecule has 0 aliphatic heterocycles. The molecule has 1 atom stereocenters. The van der Waals surface area contributed by atoms with Crippen LogP contribution >= 0.6 is 12.4 Å². The second-order valence-corrected chi connectivity index (χ2v) is 4.03. The van der Waals surface area contributed by atoms with Crippen LogP contribution in [0.4, 0.5) is 18.9 Å². The highest BCUT2D eigenvalue weighted by atomic mass is 35.5. The first-order chi connectivity index (χ1) is 8.77. The van der Waals surface area contributed by atoms with Crippen molar-refractivity contribution in [3.63, 3.8) is 0 Å². The Balaban J connectivity index is 0.00000361. The van der Waals surface area contributed by atoms with Crippen LogP contribution in [-0.2, 0) is 15.7 Å². The Bertz CT molecular complexity index is 467. The van der Waals surface area contributed by atoms with Gasteiger partial charge in [-0.15, -0.1) is 12.4 Å². The van der Waals surface area contributed by atoms with Gasteiger partial charge in [0.15, 0.2) is 0 Å². The molecule has 0 aliphatic carbocycles. The van der Waals surface area contributed by atoms with Gasteiger partial charge in [0.2, 0.25) is 5.91 Å². The molecule has 114 valence electrons. The second-order valence-electron chi connectivity index (χ2n) is 4.03. The molecule has 0 radical (unpaired) electrons. The number of nitrogens with two attached hydrogens (primary N) is 1. The first-order valence-electron chi connectivity index (χ1n) is 5.49. The molecule has 1 amide bonds. The zero-order valence-electron chi connectivity index (χ0n) is 11.0. The number of anilines is 1. The predicted molar refractivity (Wildman–Crippen MR) is 71.9 cm³/mol. The maximum atomic E-state index is 12.7. The van der Waals surface area contributed by atoms with Crippen LogP contribution < -0.4 is 11.1 Å². The smallest absolute Gasteiger partial charge is 0.383 e. The number of methoxy groups -OCH3 is 1. The largest absolute Gasteiger partial charge is 0.416 e. The average Bonchev–Trinajstić information content (AvgIpc) is 2.30. The van der Waals surface area contributed by atoms with Crippen molar-refractivity contribution in [2.24, 2.45) is 5.73 Å². The molecule has 3 N–H and O–H groups in total. The summed E-state index contributed by atoms with van der Waals surface area (Å²) in [5.74, 6) is -0.593. The van der Waals surface area contributed by atoms with E-state index in [2.05, 4.69) is 5.32 Å². The lowest BCUT2D eigenvalue weighted by atomic mass is 10.1. The molecule has 1 rings (SSSR count). The zero-order chi connectivity index (χ0) is 14.6. The summed E-state index contributed by atoms with van der Waals surface area (Å²) in [7, 11) is 1.38. The van der Waals surface area contributed by atoms with Gasteiger partial charge in [0, 0.05) is 12.8 Å². The molecule has 0 aromatic heterocycles. The number of carbonyl (C=O) groups is 1. The minimum atomic E-state index is -4.46. The van der Waals surface area contributed by atoms with Gasteiger partial charge in [-0.1, -0.05) is 6.07 Å². The number of hydrogen-bond acceptors (Lipinski definition) is 3. The Kier molecular flexibility index (Phi) is 6.98. The predicted octanol–water partition coefficient (Wildman–Crippen LogP) is 2.35. The van der Waals surface area contributed by atoms with Crippen molar-refractivity contribution in [3.05, 3.63) is 29.3 Å². The number of nitrogens with one attached hydrogen (secondary N) is 1. The number of amides is 1. The van der Waals surface area contributed by atoms with E-state index in [1.807, 2.05) is 0 Å². The van der Waals surface area contributed by atoms with Crippen LogP contribution in [0, 0.1) is 6.92 Å². The van der Waals surface area contributed by atoms with Gasteiger partial charge in [-0.25, -0.2) is 0 Å². The van der Waals surface area contributed by atoms with E-state index >= 15 is 0 Å². The molecule has 4 nitrogen and oxygen atoms in total. The highest BCUT2D eigenvalue weighted by Crippen LogP contribution is 2.34. The molecule has 0 heterocycles. The van der Waals surface area contributed by atoms with E-state index in [1.54, 1.807) is 0 Å². The fourth-order valence-electron chi connectivity index (χ4n) is 1.56. The van der Waals surface area contributed by atoms with Crippen LogP contribution in [0.3, 0.4) is 0 Å². The van der Waals surface area contributed by atoms with Gasteiger partial charge in [0.25, 0.3) is 0 Å². The SMILES string of the molecule is COCC(N)C(=O)Nc1cccc(C(F)(F)F)c1C.Cl. The summed E-state index contributed by atoms with van der Waals surface area (Å²) >= 11 is 0. The minimum Gasteiger partial charge on any atom is -0.383 e. The van der Waals surface area contributed by atoms with Crippen molar-refractivity contribution >= 4 is 24.0 Å². The van der Waals surface area contributed by atoms with E-state index in [1.165, 1.54) is 26.2 Å². The normalized spacial score (nSPS) is 12.5. The molecule has 0 spiro atoms. The Hall–Kier alpha value is -1.31. The summed E-state index contributed by atoms with van der Waals surface area (Å²) in [4.78, 5) is 11.6. The molecule has 1 aromatic carbocycles. The molecule has 0 fully saturated rings. The molecular weight excluding hydrogens is 297 g/mol. The highest BCUT2D eigenvalue weighted by Gasteiger charge is 2.33. The van der Waals surface area contributed by atoms with Crippen molar-refractivity contribution < 1.29 is 22.7 Å². The van der Waals surface area contributed by atoms with E-state index in [9.17, 15) is 18.0 Å². The number of ether oxygens (including phenoxy) is 1. The summed E-state index contributed by atoms with van der Waals surface area (Å²) in [6.45, 7) is 1.28. The fraction of sp³-hybridized carbons (Fsp3) is 0.417. The van der Waals surface area contributed by atoms with Crippen LogP contribution in [-0.4, -0.2) is 25.7 Å². The van der Waals surface area contributed by atoms with Gasteiger partial charge in [-0.05, 0) is 24.6 Å². The van der Waals surface area contributed by atoms with E-state index in [0.29, 0.717) is 0 Å². The molecule has 1 unspecified atom stereocenters. The molecule has 1 aromatic rings. The lowest BCUT2D eigenvalue weighted by molar-refractivity contribution is -0.138. The number of halogens is 4. The van der Waals surface area contributed by atoms with Crippen LogP contribution in [0.25, 0.3) is 0 Å². The number of benzene rings is 1. The Morgan fingerprint density at radius 1 is 1.45 bits per heavy atom. The number of rotatable bonds is 4. The Morgan fingerprint density at radius 2 is 2.05 bits per heavy atom. The summed E-state index contributed by atoms with van der Waals surface area (Å²) in [6, 6.07) is 2.65. The van der Waals surface area contributed by atoms with E-state index in [-0.39, 0.29) is 30.3 Å². The molecule has 0 bridgehead atoms. The third-order valence-corrected chi connectivity index (χ3v) is 2.58. The minimum absolute atomic E-state index is 0. The monoisotopic (exact) mass is 312 g/mol. The van der Waals surface area contributed by atoms with Crippen LogP contribution in [0.15, 0.2) is 18.2 Å². The number of carbonyl (C=O) groups excluding carboxylic acids is 1. The summed E-state index contributed by atoms with van der Waals surface area (Å²) in [5, 5.41) is 2.36. The van der Waals surface area contributed by atoms with Gasteiger partial charge in [0.1, 0.15) is 6.04 Å². The third kappa shape index (κ3) is 4.66. The van der Waals surface area contributed by atoms with Crippen molar-refractivity contribution in [2.75, 3.05) is 19.0 Å². The van der Waals surface area contributed by atoms with Crippen LogP contribution in [0.1, 0.15) is 11.1 Å². The summed E-state index contributed by atoms with van der Waals surface area (Å²) < 4.78 is 42.8. The van der Waals surface area contributed by atoms with Gasteiger partial charge < -0.3 is 15.8 Å². The molecular formula is C12H16ClF3N2O2. The standard InChI is InChI=1S/C12H15F3N2O2.ClH/c1-7-8(12(13,14)15)4-3-5-10(7)17-11(18)9(16)6-19-2;/h3-5,9H,6,16H2,1-2H3,(H,17,18);1H. The number of hydrogen-bond donors (Lipinski definition) is 2. The lowest BCUT2D eigenvalue weighted by Crippen LogP contribution is -2.39. The van der Waals surface area contributed by atoms with Gasteiger partial charge in [-0.2, -0.15) is 13.2 Å². The second kappa shape index (κ2) is 7.47. The van der Waals surface area contributed by atoms with Crippen molar-refractivity contribution in [3.8, 4) is 0 Å². The number of alkyl halides is 3. The summed E-state index contributed by atoms with van der Waals surface area (Å²) in [5.41, 5.74) is 4.74. The third-order valence-electron chi connectivity index (χ3n) is 2.58. The fourth-order valence-corrected chi connectivity index (χ4v) is 1.56. The van der Waals surface area contributed by atoms with Gasteiger partial charge >= 0.3 is 6.18 Å². The average molecular weight is 313 g/mol. The molecule has 20 heavy (non-hydrogen) atoms. The van der Waals surface area contributed by atoms with E-state index in [0.717, 1.165) is 6.07 Å². The zero-order valence-corrected chi connectivity index (χ0v) is 11.8. The van der Waals surface area contributed by atoms with Crippen molar-refractivity contribution in [1.29, 1.82) is 0 Å². The van der Waals surface area contributed by atoms with Gasteiger partial charge in [0.05, 0.1) is 12.2 Å². The summed E-state index contributed by atoms with van der Waals surface area (Å²) in [6.07, 6.45) is -4.46. The maximum Gasteiger partial charge on any atom is 0.416 e. The van der Waals surface area contributed by atoms with Crippen molar-refractivity contribution in [1.82, 2.24) is 0 Å². The van der Waals surface area contributed by atoms with Gasteiger partial charge in [-0.3, -0.25) is 4.79 Å². The van der Waals surface area contributed by atoms with E-state index < -0.39 is 23.7 Å². The Morgan fingerprint density at radius 3 is 2.55 bits per heavy atom. The van der Waals surface area contributed by atoms with Crippen LogP contribution in [0.5, 0.6) is 0 Å². The Labute approximate surface area is 120 Å². The quantitative estimate of drug-likeness (QED) is 0.897. The molecule has 8 heteroatoms. The highest BCUT2D eigenvalue weighted by molar-refractivity contribution is 5.95. The maximum absolute atomic E-state index is 12.7. The first kappa shape index (κ1) is 18.7. The first-order valence-corrected chi connectivity index (χ1v) is 5.49. The lowest BCUT2D eigenvalue weighted by Gasteiger charge is -2.16.